The van der Waals surface area contributed by atoms with E-state index in [0.29, 0.717) is 13.2 Å². The van der Waals surface area contributed by atoms with Gasteiger partial charge in [-0.05, 0) is 56.5 Å². The van der Waals surface area contributed by atoms with Gasteiger partial charge in [0.1, 0.15) is 24.7 Å². The molecular weight excluding hydrogens is 475 g/mol. The van der Waals surface area contributed by atoms with Crippen LogP contribution in [0.25, 0.3) is 21.8 Å². The fourth-order valence-corrected chi connectivity index (χ4v) is 3.63. The quantitative estimate of drug-likeness (QED) is 0.275. The predicted molar refractivity (Wildman–Crippen MR) is 126 cm³/mol. The van der Waals surface area contributed by atoms with Gasteiger partial charge in [-0.2, -0.15) is 0 Å². The number of rotatable bonds is 12. The largest absolute Gasteiger partial charge is 2.00 e. The van der Waals surface area contributed by atoms with E-state index in [1.54, 1.807) is 0 Å². The normalized spacial score (nSPS) is 10.9. The number of halogens is 1. The molecule has 32 heavy (non-hydrogen) atoms. The topological polar surface area (TPSA) is 37.8 Å². The SMILES string of the molecule is CCN(CC)CCOc1ccc2cc3ccc(OCCN(CC)CC)cc3nc2c1.[Cl-].[Zn+2]. The van der Waals surface area contributed by atoms with E-state index < -0.39 is 0 Å². The maximum atomic E-state index is 5.97. The molecule has 7 heteroatoms. The molecule has 170 valence electrons. The molecule has 0 aliphatic carbocycles. The van der Waals surface area contributed by atoms with E-state index in [4.69, 9.17) is 14.5 Å². The number of hydrogen-bond donors (Lipinski definition) is 0. The third-order valence-corrected chi connectivity index (χ3v) is 5.70. The minimum atomic E-state index is 0. The summed E-state index contributed by atoms with van der Waals surface area (Å²) < 4.78 is 11.9. The van der Waals surface area contributed by atoms with Crippen LogP contribution in [0.15, 0.2) is 42.5 Å². The van der Waals surface area contributed by atoms with E-state index in [0.717, 1.165) is 72.6 Å². The first-order chi connectivity index (χ1) is 14.7. The summed E-state index contributed by atoms with van der Waals surface area (Å²) in [6, 6.07) is 14.5. The van der Waals surface area contributed by atoms with Crippen molar-refractivity contribution in [3.05, 3.63) is 42.5 Å². The van der Waals surface area contributed by atoms with Gasteiger partial charge in [-0.3, -0.25) is 0 Å². The van der Waals surface area contributed by atoms with Crippen molar-refractivity contribution in [2.24, 2.45) is 0 Å². The average Bonchev–Trinajstić information content (AvgIpc) is 2.78. The molecule has 0 saturated carbocycles. The van der Waals surface area contributed by atoms with Gasteiger partial charge in [-0.1, -0.05) is 27.7 Å². The summed E-state index contributed by atoms with van der Waals surface area (Å²) in [5.74, 6) is 1.74. The maximum Gasteiger partial charge on any atom is 2.00 e. The van der Waals surface area contributed by atoms with E-state index >= 15 is 0 Å². The standard InChI is InChI=1S/C25H35N3O2.ClH.Zn/c1-5-27(6-2)13-15-29-22-11-9-20-17-21-10-12-23(19-25(21)26-24(20)18-22)30-16-14-28(7-3)8-4;;/h9-12,17-19H,5-8,13-16H2,1-4H3;1H;/q;;+2/p-1. The van der Waals surface area contributed by atoms with Gasteiger partial charge < -0.3 is 31.7 Å². The second-order valence-electron chi connectivity index (χ2n) is 7.45. The molecule has 3 aromatic rings. The molecule has 1 heterocycles. The molecule has 0 saturated heterocycles. The fourth-order valence-electron chi connectivity index (χ4n) is 3.63. The van der Waals surface area contributed by atoms with Gasteiger partial charge in [0.2, 0.25) is 0 Å². The number of pyridine rings is 1. The summed E-state index contributed by atoms with van der Waals surface area (Å²) in [7, 11) is 0. The van der Waals surface area contributed by atoms with Crippen molar-refractivity contribution in [3.63, 3.8) is 0 Å². The number of aromatic nitrogens is 1. The molecular formula is C25H35ClN3O2Zn+. The zero-order chi connectivity index (χ0) is 21.3. The zero-order valence-electron chi connectivity index (χ0n) is 19.9. The van der Waals surface area contributed by atoms with Crippen LogP contribution in [0.2, 0.25) is 0 Å². The van der Waals surface area contributed by atoms with E-state index in [1.807, 2.05) is 24.3 Å². The number of fused-ring (bicyclic) bond motifs is 2. The van der Waals surface area contributed by atoms with Gasteiger partial charge in [0.15, 0.2) is 0 Å². The van der Waals surface area contributed by atoms with Crippen LogP contribution in [0.5, 0.6) is 11.5 Å². The summed E-state index contributed by atoms with van der Waals surface area (Å²) in [5.41, 5.74) is 1.89. The minimum Gasteiger partial charge on any atom is -1.00 e. The molecule has 0 atom stereocenters. The summed E-state index contributed by atoms with van der Waals surface area (Å²) in [4.78, 5) is 9.58. The van der Waals surface area contributed by atoms with E-state index in [9.17, 15) is 0 Å². The molecule has 5 nitrogen and oxygen atoms in total. The van der Waals surface area contributed by atoms with Crippen LogP contribution in [0.1, 0.15) is 27.7 Å². The third kappa shape index (κ3) is 7.84. The van der Waals surface area contributed by atoms with Gasteiger partial charge in [-0.25, -0.2) is 4.98 Å². The van der Waals surface area contributed by atoms with Crippen molar-refractivity contribution in [1.29, 1.82) is 0 Å². The van der Waals surface area contributed by atoms with E-state index in [-0.39, 0.29) is 31.9 Å². The number of nitrogens with zero attached hydrogens (tertiary/aromatic N) is 3. The first-order valence-electron chi connectivity index (χ1n) is 11.2. The van der Waals surface area contributed by atoms with Crippen molar-refractivity contribution >= 4 is 21.8 Å². The Kier molecular flexibility index (Phi) is 13.1. The molecule has 0 fully saturated rings. The van der Waals surface area contributed by atoms with Crippen LogP contribution in [-0.2, 0) is 19.5 Å². The predicted octanol–water partition coefficient (Wildman–Crippen LogP) is 1.83. The van der Waals surface area contributed by atoms with E-state index in [1.165, 1.54) is 0 Å². The Morgan fingerprint density at radius 2 is 1.06 bits per heavy atom. The van der Waals surface area contributed by atoms with Crippen molar-refractivity contribution < 1.29 is 41.4 Å². The van der Waals surface area contributed by atoms with Crippen LogP contribution < -0.4 is 21.9 Å². The fraction of sp³-hybridized carbons (Fsp3) is 0.480. The molecule has 0 aliphatic rings. The molecule has 0 amide bonds. The second kappa shape index (κ2) is 14.6. The van der Waals surface area contributed by atoms with Gasteiger partial charge >= 0.3 is 19.5 Å². The molecule has 3 rings (SSSR count). The van der Waals surface area contributed by atoms with Gasteiger partial charge in [0.05, 0.1) is 11.0 Å². The molecule has 0 bridgehead atoms. The Balaban J connectivity index is 0.00000256. The van der Waals surface area contributed by atoms with Crippen LogP contribution in [0.4, 0.5) is 0 Å². The van der Waals surface area contributed by atoms with Gasteiger partial charge in [0, 0.05) is 36.0 Å². The van der Waals surface area contributed by atoms with Crippen LogP contribution in [-0.4, -0.2) is 67.3 Å². The van der Waals surface area contributed by atoms with Crippen molar-refractivity contribution in [1.82, 2.24) is 14.8 Å². The Labute approximate surface area is 211 Å². The Bertz CT molecular complexity index is 876. The van der Waals surface area contributed by atoms with Crippen LogP contribution >= 0.6 is 0 Å². The van der Waals surface area contributed by atoms with Crippen LogP contribution in [0.3, 0.4) is 0 Å². The van der Waals surface area contributed by atoms with Crippen LogP contribution in [0, 0.1) is 0 Å². The third-order valence-electron chi connectivity index (χ3n) is 5.70. The average molecular weight is 510 g/mol. The Morgan fingerprint density at radius 1 is 0.656 bits per heavy atom. The Morgan fingerprint density at radius 3 is 1.44 bits per heavy atom. The summed E-state index contributed by atoms with van der Waals surface area (Å²) >= 11 is 0. The van der Waals surface area contributed by atoms with Crippen molar-refractivity contribution in [3.8, 4) is 11.5 Å². The number of ether oxygens (including phenoxy) is 2. The molecule has 2 aromatic carbocycles. The molecule has 0 spiro atoms. The minimum absolute atomic E-state index is 0. The smallest absolute Gasteiger partial charge is 1.00 e. The molecule has 1 aromatic heterocycles. The first kappa shape index (κ1) is 28.6. The summed E-state index contributed by atoms with van der Waals surface area (Å²) in [6.07, 6.45) is 0. The van der Waals surface area contributed by atoms with E-state index in [2.05, 4.69) is 55.7 Å². The van der Waals surface area contributed by atoms with Gasteiger partial charge in [-0.15, -0.1) is 0 Å². The monoisotopic (exact) mass is 508 g/mol. The molecule has 0 N–H and O–H groups in total. The molecule has 0 unspecified atom stereocenters. The van der Waals surface area contributed by atoms with Crippen molar-refractivity contribution in [2.45, 2.75) is 27.7 Å². The molecule has 0 radical (unpaired) electrons. The van der Waals surface area contributed by atoms with Gasteiger partial charge in [0.25, 0.3) is 0 Å². The molecule has 0 aliphatic heterocycles. The van der Waals surface area contributed by atoms with Crippen molar-refractivity contribution in [2.75, 3.05) is 52.5 Å². The Hall–Kier alpha value is -1.46. The maximum absolute atomic E-state index is 5.97. The first-order valence-corrected chi connectivity index (χ1v) is 11.2. The second-order valence-corrected chi connectivity index (χ2v) is 7.45. The number of hydrogen-bond acceptors (Lipinski definition) is 5. The zero-order valence-corrected chi connectivity index (χ0v) is 23.7. The number of benzene rings is 2. The summed E-state index contributed by atoms with van der Waals surface area (Å²) in [5, 5.41) is 2.24. The number of likely N-dealkylation sites (N-methyl/N-ethyl adjacent to an activating group) is 2. The summed E-state index contributed by atoms with van der Waals surface area (Å²) in [6.45, 7) is 16.1.